The Bertz CT molecular complexity index is 218. The average molecular weight is 409 g/mol. The molecule has 0 radical (unpaired) electrons. The third-order valence-electron chi connectivity index (χ3n) is 2.16. The molecular formula is C18H30Cl2Zr. The van der Waals surface area contributed by atoms with Gasteiger partial charge in [0.05, 0.1) is 0 Å². The molecule has 0 nitrogen and oxygen atoms in total. The molecule has 0 saturated carbocycles. The van der Waals surface area contributed by atoms with Gasteiger partial charge in [0.25, 0.3) is 0 Å². The first-order chi connectivity index (χ1) is 8.83. The van der Waals surface area contributed by atoms with E-state index in [2.05, 4.69) is 26.0 Å². The first-order valence-electron chi connectivity index (χ1n) is 7.19. The molecule has 0 rings (SSSR count). The summed E-state index contributed by atoms with van der Waals surface area (Å²) in [5.41, 5.74) is 0. The zero-order valence-electron chi connectivity index (χ0n) is 14.0. The van der Waals surface area contributed by atoms with Crippen LogP contribution in [0.15, 0.2) is 36.5 Å². The van der Waals surface area contributed by atoms with E-state index in [1.807, 2.05) is 50.3 Å². The third kappa shape index (κ3) is 44.9. The summed E-state index contributed by atoms with van der Waals surface area (Å²) >= 11 is 0. The van der Waals surface area contributed by atoms with Crippen molar-refractivity contribution in [3.63, 3.8) is 0 Å². The predicted molar refractivity (Wildman–Crippen MR) is 84.3 cm³/mol. The van der Waals surface area contributed by atoms with Gasteiger partial charge in [0, 0.05) is 0 Å². The van der Waals surface area contributed by atoms with Gasteiger partial charge in [0.15, 0.2) is 0 Å². The van der Waals surface area contributed by atoms with Crippen LogP contribution in [0.5, 0.6) is 0 Å². The summed E-state index contributed by atoms with van der Waals surface area (Å²) in [6, 6.07) is 0. The van der Waals surface area contributed by atoms with Crippen LogP contribution in [0.1, 0.15) is 66.2 Å². The number of hydrogen-bond donors (Lipinski definition) is 0. The van der Waals surface area contributed by atoms with E-state index in [9.17, 15) is 0 Å². The van der Waals surface area contributed by atoms with Crippen molar-refractivity contribution in [2.45, 2.75) is 66.2 Å². The SMILES string of the molecule is CC=CC=[C-]CCCC.CC=CC=[C-]CCCC.[Cl-].[Cl-].[Zr+4]. The molecular weight excluding hydrogens is 378 g/mol. The van der Waals surface area contributed by atoms with E-state index in [1.165, 1.54) is 25.7 Å². The molecule has 0 unspecified atom stereocenters. The standard InChI is InChI=1S/2C9H15.2ClH.Zr/c2*1-3-5-7-9-8-6-4-2;;;/h2*3,5,7H,4,6,8H2,1-2H3;2*1H;/q2*-1;;;+4/p-2. The number of rotatable bonds is 8. The molecule has 0 saturated heterocycles. The van der Waals surface area contributed by atoms with Crippen LogP contribution in [-0.2, 0) is 26.2 Å². The third-order valence-corrected chi connectivity index (χ3v) is 2.16. The smallest absolute Gasteiger partial charge is 1.00 e. The topological polar surface area (TPSA) is 0 Å². The van der Waals surface area contributed by atoms with E-state index < -0.39 is 0 Å². The fourth-order valence-corrected chi connectivity index (χ4v) is 1.05. The van der Waals surface area contributed by atoms with Crippen LogP contribution in [0.25, 0.3) is 0 Å². The average Bonchev–Trinajstić information content (AvgIpc) is 2.39. The van der Waals surface area contributed by atoms with Crippen molar-refractivity contribution in [2.75, 3.05) is 0 Å². The molecule has 0 aliphatic rings. The Kier molecular flexibility index (Phi) is 58.4. The Hall–Kier alpha value is 0.423. The minimum Gasteiger partial charge on any atom is -1.00 e. The van der Waals surface area contributed by atoms with Crippen LogP contribution < -0.4 is 24.8 Å². The second kappa shape index (κ2) is 37.0. The molecule has 120 valence electrons. The maximum absolute atomic E-state index is 3.18. The van der Waals surface area contributed by atoms with E-state index in [4.69, 9.17) is 0 Å². The minimum absolute atomic E-state index is 0. The second-order valence-corrected chi connectivity index (χ2v) is 4.00. The van der Waals surface area contributed by atoms with Gasteiger partial charge in [-0.3, -0.25) is 12.2 Å². The van der Waals surface area contributed by atoms with Crippen molar-refractivity contribution >= 4 is 0 Å². The zero-order valence-corrected chi connectivity index (χ0v) is 17.9. The molecule has 0 bridgehead atoms. The minimum atomic E-state index is 0. The fraction of sp³-hybridized carbons (Fsp3) is 0.556. The van der Waals surface area contributed by atoms with Gasteiger partial charge in [-0.25, -0.2) is 24.3 Å². The van der Waals surface area contributed by atoms with Crippen molar-refractivity contribution in [1.29, 1.82) is 0 Å². The molecule has 3 heteroatoms. The van der Waals surface area contributed by atoms with E-state index in [-0.39, 0.29) is 51.0 Å². The van der Waals surface area contributed by atoms with Gasteiger partial charge in [-0.1, -0.05) is 53.4 Å². The number of halogens is 2. The van der Waals surface area contributed by atoms with Gasteiger partial charge in [0.2, 0.25) is 0 Å². The Labute approximate surface area is 165 Å². The monoisotopic (exact) mass is 406 g/mol. The van der Waals surface area contributed by atoms with Crippen LogP contribution >= 0.6 is 0 Å². The van der Waals surface area contributed by atoms with Gasteiger partial charge in [0.1, 0.15) is 0 Å². The van der Waals surface area contributed by atoms with Crippen molar-refractivity contribution in [3.05, 3.63) is 48.6 Å². The van der Waals surface area contributed by atoms with Crippen molar-refractivity contribution in [2.24, 2.45) is 0 Å². The van der Waals surface area contributed by atoms with E-state index >= 15 is 0 Å². The summed E-state index contributed by atoms with van der Waals surface area (Å²) in [7, 11) is 0. The van der Waals surface area contributed by atoms with Crippen LogP contribution in [0.3, 0.4) is 0 Å². The molecule has 0 amide bonds. The Morgan fingerprint density at radius 1 is 0.714 bits per heavy atom. The van der Waals surface area contributed by atoms with Gasteiger partial charge < -0.3 is 24.8 Å². The second-order valence-electron chi connectivity index (χ2n) is 4.00. The molecule has 0 aromatic rings. The maximum atomic E-state index is 3.18. The maximum Gasteiger partial charge on any atom is 4.00 e. The molecule has 0 aromatic heterocycles. The molecule has 21 heavy (non-hydrogen) atoms. The summed E-state index contributed by atoms with van der Waals surface area (Å²) in [6.45, 7) is 8.41. The van der Waals surface area contributed by atoms with Gasteiger partial charge in [-0.15, -0.1) is 12.8 Å². The van der Waals surface area contributed by atoms with Crippen LogP contribution in [0.4, 0.5) is 0 Å². The zero-order chi connectivity index (χ0) is 13.9. The van der Waals surface area contributed by atoms with Crippen molar-refractivity contribution in [1.82, 2.24) is 0 Å². The molecule has 0 aliphatic carbocycles. The van der Waals surface area contributed by atoms with Crippen LogP contribution in [0.2, 0.25) is 0 Å². The largest absolute Gasteiger partial charge is 4.00 e. The Morgan fingerprint density at radius 2 is 1.05 bits per heavy atom. The fourth-order valence-electron chi connectivity index (χ4n) is 1.05. The van der Waals surface area contributed by atoms with Gasteiger partial charge in [-0.05, 0) is 0 Å². The summed E-state index contributed by atoms with van der Waals surface area (Å²) in [4.78, 5) is 0. The number of hydrogen-bond acceptors (Lipinski definition) is 0. The first kappa shape index (κ1) is 33.1. The summed E-state index contributed by atoms with van der Waals surface area (Å²) < 4.78 is 0. The van der Waals surface area contributed by atoms with E-state index in [0.29, 0.717) is 0 Å². The van der Waals surface area contributed by atoms with Crippen LogP contribution in [0, 0.1) is 12.2 Å². The molecule has 0 N–H and O–H groups in total. The summed E-state index contributed by atoms with van der Waals surface area (Å²) in [6.07, 6.45) is 25.6. The molecule has 0 fully saturated rings. The molecule has 0 aliphatic heterocycles. The molecule has 0 aromatic carbocycles. The number of allylic oxidation sites excluding steroid dienone is 8. The van der Waals surface area contributed by atoms with E-state index in [1.54, 1.807) is 0 Å². The van der Waals surface area contributed by atoms with Gasteiger partial charge in [-0.2, -0.15) is 12.2 Å². The van der Waals surface area contributed by atoms with Crippen molar-refractivity contribution in [3.8, 4) is 0 Å². The van der Waals surface area contributed by atoms with Gasteiger partial charge >= 0.3 is 26.2 Å². The predicted octanol–water partition coefficient (Wildman–Crippen LogP) is 0.230. The summed E-state index contributed by atoms with van der Waals surface area (Å²) in [5, 5.41) is 0. The molecule has 0 spiro atoms. The first-order valence-corrected chi connectivity index (χ1v) is 7.19. The Balaban J connectivity index is -0.0000000711. The quantitative estimate of drug-likeness (QED) is 0.307. The summed E-state index contributed by atoms with van der Waals surface area (Å²) in [5.74, 6) is 0. The Morgan fingerprint density at radius 3 is 1.29 bits per heavy atom. The number of unbranched alkanes of at least 4 members (excludes halogenated alkanes) is 4. The molecule has 0 heterocycles. The van der Waals surface area contributed by atoms with Crippen molar-refractivity contribution < 1.29 is 51.0 Å². The normalized spacial score (nSPS) is 10.1. The molecule has 0 atom stereocenters. The van der Waals surface area contributed by atoms with E-state index in [0.717, 1.165) is 12.8 Å². The van der Waals surface area contributed by atoms with Crippen LogP contribution in [-0.4, -0.2) is 0 Å².